The maximum Gasteiger partial charge on any atom is 0.0860 e. The van der Waals surface area contributed by atoms with Crippen LogP contribution >= 0.6 is 43.5 Å². The number of hydrogen-bond acceptors (Lipinski definition) is 2. The molecule has 0 saturated carbocycles. The summed E-state index contributed by atoms with van der Waals surface area (Å²) >= 11 is 13.1. The highest BCUT2D eigenvalue weighted by Crippen LogP contribution is 2.31. The maximum atomic E-state index is 10.4. The van der Waals surface area contributed by atoms with Crippen molar-refractivity contribution in [2.75, 3.05) is 0 Å². The molecule has 1 unspecified atom stereocenters. The van der Waals surface area contributed by atoms with E-state index in [4.69, 9.17) is 11.6 Å². The van der Waals surface area contributed by atoms with Gasteiger partial charge in [-0.2, -0.15) is 5.10 Å². The predicted octanol–water partition coefficient (Wildman–Crippen LogP) is 4.44. The van der Waals surface area contributed by atoms with Crippen LogP contribution in [0.15, 0.2) is 27.1 Å². The molecule has 1 heterocycles. The van der Waals surface area contributed by atoms with Crippen LogP contribution in [-0.2, 0) is 19.9 Å². The van der Waals surface area contributed by atoms with Crippen molar-refractivity contribution < 1.29 is 5.11 Å². The van der Waals surface area contributed by atoms with Gasteiger partial charge in [0.15, 0.2) is 0 Å². The van der Waals surface area contributed by atoms with Gasteiger partial charge in [-0.1, -0.05) is 34.5 Å². The van der Waals surface area contributed by atoms with Gasteiger partial charge in [-0.3, -0.25) is 4.68 Å². The van der Waals surface area contributed by atoms with Crippen LogP contribution in [0, 0.1) is 0 Å². The molecule has 0 amide bonds. The average molecular weight is 423 g/mol. The van der Waals surface area contributed by atoms with Crippen molar-refractivity contribution in [3.63, 3.8) is 0 Å². The topological polar surface area (TPSA) is 38.0 Å². The fourth-order valence-corrected chi connectivity index (χ4v) is 3.51. The lowest BCUT2D eigenvalue weighted by Crippen LogP contribution is -2.07. The molecule has 1 aromatic carbocycles. The molecule has 0 spiro atoms. The number of halogens is 3. The molecule has 20 heavy (non-hydrogen) atoms. The van der Waals surface area contributed by atoms with Crippen LogP contribution in [-0.4, -0.2) is 14.9 Å². The first-order valence-electron chi connectivity index (χ1n) is 6.27. The summed E-state index contributed by atoms with van der Waals surface area (Å²) in [6, 6.07) is 5.48. The lowest BCUT2D eigenvalue weighted by atomic mass is 10.0. The number of aromatic nitrogens is 2. The molecule has 0 bridgehead atoms. The van der Waals surface area contributed by atoms with E-state index in [1.807, 2.05) is 19.2 Å². The molecule has 3 nitrogen and oxygen atoms in total. The molecule has 0 radical (unpaired) electrons. The van der Waals surface area contributed by atoms with Crippen LogP contribution in [0.3, 0.4) is 0 Å². The third-order valence-corrected chi connectivity index (χ3v) is 4.96. The van der Waals surface area contributed by atoms with Crippen molar-refractivity contribution in [2.24, 2.45) is 7.05 Å². The minimum atomic E-state index is -0.670. The summed E-state index contributed by atoms with van der Waals surface area (Å²) in [7, 11) is 1.88. The van der Waals surface area contributed by atoms with Crippen LogP contribution in [0.1, 0.15) is 30.0 Å². The molecule has 2 rings (SSSR count). The van der Waals surface area contributed by atoms with Gasteiger partial charge in [0.05, 0.1) is 22.0 Å². The first kappa shape index (κ1) is 16.0. The number of nitrogens with zero attached hydrogens (tertiary/aromatic N) is 2. The van der Waals surface area contributed by atoms with Crippen LogP contribution in [0.25, 0.3) is 0 Å². The van der Waals surface area contributed by atoms with Gasteiger partial charge in [0, 0.05) is 28.5 Å². The van der Waals surface area contributed by atoms with E-state index in [1.165, 1.54) is 0 Å². The van der Waals surface area contributed by atoms with E-state index in [-0.39, 0.29) is 0 Å². The second kappa shape index (κ2) is 6.60. The SMILES string of the molecule is CCc1nn(C)c(CC(O)c2cc(Br)ccc2Cl)c1Br. The summed E-state index contributed by atoms with van der Waals surface area (Å²) in [4.78, 5) is 0. The van der Waals surface area contributed by atoms with E-state index in [0.29, 0.717) is 17.0 Å². The highest BCUT2D eigenvalue weighted by Gasteiger charge is 2.19. The Morgan fingerprint density at radius 3 is 2.70 bits per heavy atom. The molecule has 6 heteroatoms. The van der Waals surface area contributed by atoms with Crippen LogP contribution in [0.5, 0.6) is 0 Å². The number of hydrogen-bond donors (Lipinski definition) is 1. The van der Waals surface area contributed by atoms with Gasteiger partial charge in [-0.05, 0) is 40.5 Å². The highest BCUT2D eigenvalue weighted by molar-refractivity contribution is 9.10. The lowest BCUT2D eigenvalue weighted by molar-refractivity contribution is 0.175. The fourth-order valence-electron chi connectivity index (χ4n) is 2.10. The third kappa shape index (κ3) is 3.27. The Balaban J connectivity index is 2.30. The Labute approximate surface area is 140 Å². The Morgan fingerprint density at radius 2 is 2.10 bits per heavy atom. The van der Waals surface area contributed by atoms with Crippen molar-refractivity contribution in [1.82, 2.24) is 9.78 Å². The van der Waals surface area contributed by atoms with E-state index in [2.05, 4.69) is 43.9 Å². The van der Waals surface area contributed by atoms with Gasteiger partial charge in [-0.25, -0.2) is 0 Å². The van der Waals surface area contributed by atoms with Crippen molar-refractivity contribution in [2.45, 2.75) is 25.9 Å². The van der Waals surface area contributed by atoms with Crippen molar-refractivity contribution in [3.8, 4) is 0 Å². The molecule has 1 atom stereocenters. The van der Waals surface area contributed by atoms with E-state index >= 15 is 0 Å². The number of aryl methyl sites for hydroxylation is 2. The maximum absolute atomic E-state index is 10.4. The van der Waals surface area contributed by atoms with E-state index < -0.39 is 6.10 Å². The molecule has 0 aliphatic carbocycles. The normalized spacial score (nSPS) is 12.7. The summed E-state index contributed by atoms with van der Waals surface area (Å²) in [6.45, 7) is 2.05. The molecule has 2 aromatic rings. The molecular weight excluding hydrogens is 407 g/mol. The largest absolute Gasteiger partial charge is 0.388 e. The summed E-state index contributed by atoms with van der Waals surface area (Å²) in [5, 5.41) is 15.4. The minimum Gasteiger partial charge on any atom is -0.388 e. The molecule has 108 valence electrons. The monoisotopic (exact) mass is 420 g/mol. The molecule has 0 saturated heterocycles. The van der Waals surface area contributed by atoms with Crippen LogP contribution in [0.2, 0.25) is 5.02 Å². The van der Waals surface area contributed by atoms with Gasteiger partial charge in [0.2, 0.25) is 0 Å². The van der Waals surface area contributed by atoms with E-state index in [0.717, 1.165) is 26.8 Å². The first-order chi connectivity index (χ1) is 9.43. The van der Waals surface area contributed by atoms with Gasteiger partial charge in [0.25, 0.3) is 0 Å². The second-order valence-electron chi connectivity index (χ2n) is 4.57. The van der Waals surface area contributed by atoms with Crippen molar-refractivity contribution in [1.29, 1.82) is 0 Å². The molecule has 0 aliphatic rings. The zero-order valence-electron chi connectivity index (χ0n) is 11.2. The van der Waals surface area contributed by atoms with Crippen molar-refractivity contribution in [3.05, 3.63) is 49.1 Å². The zero-order chi connectivity index (χ0) is 14.9. The molecule has 1 N–H and O–H groups in total. The Bertz CT molecular complexity index is 628. The lowest BCUT2D eigenvalue weighted by Gasteiger charge is -2.14. The Morgan fingerprint density at radius 1 is 1.40 bits per heavy atom. The van der Waals surface area contributed by atoms with Gasteiger partial charge >= 0.3 is 0 Å². The molecule has 0 aliphatic heterocycles. The zero-order valence-corrected chi connectivity index (χ0v) is 15.1. The van der Waals surface area contributed by atoms with E-state index in [1.54, 1.807) is 10.7 Å². The summed E-state index contributed by atoms with van der Waals surface area (Å²) in [6.07, 6.45) is 0.638. The second-order valence-corrected chi connectivity index (χ2v) is 6.69. The standard InChI is InChI=1S/C14H15Br2ClN2O/c1-3-11-14(16)12(19(2)18-11)7-13(20)9-6-8(15)4-5-10(9)17/h4-6,13,20H,3,7H2,1-2H3. The minimum absolute atomic E-state index is 0.459. The van der Waals surface area contributed by atoms with Gasteiger partial charge in [-0.15, -0.1) is 0 Å². The summed E-state index contributed by atoms with van der Waals surface area (Å²) in [5.74, 6) is 0. The van der Waals surface area contributed by atoms with E-state index in [9.17, 15) is 5.11 Å². The number of aliphatic hydroxyl groups excluding tert-OH is 1. The van der Waals surface area contributed by atoms with Crippen LogP contribution < -0.4 is 0 Å². The number of aliphatic hydroxyl groups is 1. The third-order valence-electron chi connectivity index (χ3n) is 3.21. The quantitative estimate of drug-likeness (QED) is 0.791. The number of benzene rings is 1. The highest BCUT2D eigenvalue weighted by atomic mass is 79.9. The van der Waals surface area contributed by atoms with Crippen molar-refractivity contribution >= 4 is 43.5 Å². The predicted molar refractivity (Wildman–Crippen MR) is 88.1 cm³/mol. The fraction of sp³-hybridized carbons (Fsp3) is 0.357. The first-order valence-corrected chi connectivity index (χ1v) is 8.23. The Hall–Kier alpha value is -0.360. The smallest absolute Gasteiger partial charge is 0.0860 e. The summed E-state index contributed by atoms with van der Waals surface area (Å²) in [5.41, 5.74) is 2.67. The number of rotatable bonds is 4. The van der Waals surface area contributed by atoms with Crippen LogP contribution in [0.4, 0.5) is 0 Å². The average Bonchev–Trinajstić information content (AvgIpc) is 2.68. The molecule has 0 fully saturated rings. The molecular formula is C14H15Br2ClN2O. The Kier molecular flexibility index (Phi) is 5.29. The molecule has 1 aromatic heterocycles. The summed E-state index contributed by atoms with van der Waals surface area (Å²) < 4.78 is 3.67. The van der Waals surface area contributed by atoms with Gasteiger partial charge < -0.3 is 5.11 Å². The van der Waals surface area contributed by atoms with Gasteiger partial charge in [0.1, 0.15) is 0 Å².